The number of piperazine rings is 1. The monoisotopic (exact) mass is 426 g/mol. The lowest BCUT2D eigenvalue weighted by atomic mass is 10.1. The van der Waals surface area contributed by atoms with E-state index in [4.69, 9.17) is 11.6 Å². The number of rotatable bonds is 4. The van der Waals surface area contributed by atoms with Gasteiger partial charge in [-0.05, 0) is 6.42 Å². The van der Waals surface area contributed by atoms with E-state index in [9.17, 15) is 13.2 Å². The molecule has 2 saturated heterocycles. The van der Waals surface area contributed by atoms with Crippen molar-refractivity contribution in [2.24, 2.45) is 0 Å². The summed E-state index contributed by atoms with van der Waals surface area (Å²) in [5.74, 6) is -2.21. The van der Waals surface area contributed by atoms with Gasteiger partial charge >= 0.3 is 0 Å². The molecule has 2 aromatic rings. The van der Waals surface area contributed by atoms with Gasteiger partial charge in [-0.15, -0.1) is 0 Å². The van der Waals surface area contributed by atoms with Crippen LogP contribution >= 0.6 is 11.6 Å². The number of piperidine rings is 1. The Morgan fingerprint density at radius 1 is 1.07 bits per heavy atom. The van der Waals surface area contributed by atoms with Crippen molar-refractivity contribution < 1.29 is 13.2 Å². The Bertz CT molecular complexity index is 875. The van der Waals surface area contributed by atoms with Gasteiger partial charge in [0.15, 0.2) is 0 Å². The molecule has 0 saturated carbocycles. The lowest BCUT2D eigenvalue weighted by Gasteiger charge is -2.35. The van der Waals surface area contributed by atoms with Crippen molar-refractivity contribution in [3.8, 4) is 0 Å². The third-order valence-electron chi connectivity index (χ3n) is 5.06. The number of halogens is 4. The molecule has 2 aromatic heterocycles. The zero-order valence-corrected chi connectivity index (χ0v) is 16.5. The second-order valence-electron chi connectivity index (χ2n) is 7.30. The normalized spacial score (nSPS) is 19.3. The molecule has 2 N–H and O–H groups in total. The fraction of sp³-hybridized carbons (Fsp3) is 0.474. The highest BCUT2D eigenvalue weighted by atomic mass is 35.5. The summed E-state index contributed by atoms with van der Waals surface area (Å²) >= 11 is 5.69. The Morgan fingerprint density at radius 2 is 1.86 bits per heavy atom. The van der Waals surface area contributed by atoms with Crippen LogP contribution in [0.5, 0.6) is 0 Å². The first-order valence-electron chi connectivity index (χ1n) is 9.58. The third kappa shape index (κ3) is 4.84. The molecule has 0 spiro atoms. The fourth-order valence-corrected chi connectivity index (χ4v) is 3.71. The van der Waals surface area contributed by atoms with Crippen molar-refractivity contribution in [2.45, 2.75) is 18.8 Å². The predicted octanol–water partition coefficient (Wildman–Crippen LogP) is 3.66. The predicted molar refractivity (Wildman–Crippen MR) is 108 cm³/mol. The van der Waals surface area contributed by atoms with Crippen LogP contribution in [0.4, 0.5) is 36.3 Å². The first kappa shape index (κ1) is 20.0. The molecule has 156 valence electrons. The lowest BCUT2D eigenvalue weighted by molar-refractivity contribution is -0.0118. The van der Waals surface area contributed by atoms with Crippen LogP contribution in [-0.4, -0.2) is 55.2 Å². The number of nitrogens with one attached hydrogen (secondary N) is 2. The molecule has 6 nitrogen and oxygen atoms in total. The van der Waals surface area contributed by atoms with E-state index in [1.54, 1.807) is 4.90 Å². The van der Waals surface area contributed by atoms with Crippen LogP contribution in [0, 0.1) is 5.82 Å². The quantitative estimate of drug-likeness (QED) is 0.778. The minimum Gasteiger partial charge on any atom is -0.369 e. The Labute approximate surface area is 172 Å². The zero-order chi connectivity index (χ0) is 20.4. The van der Waals surface area contributed by atoms with Gasteiger partial charge in [-0.3, -0.25) is 0 Å². The van der Waals surface area contributed by atoms with Crippen LogP contribution in [-0.2, 0) is 0 Å². The highest BCUT2D eigenvalue weighted by molar-refractivity contribution is 6.30. The molecule has 4 heterocycles. The molecule has 0 unspecified atom stereocenters. The van der Waals surface area contributed by atoms with E-state index in [2.05, 4.69) is 25.5 Å². The Kier molecular flexibility index (Phi) is 5.69. The lowest BCUT2D eigenvalue weighted by Crippen LogP contribution is -2.44. The Balaban J connectivity index is 1.66. The number of hydrogen-bond donors (Lipinski definition) is 2. The van der Waals surface area contributed by atoms with Crippen molar-refractivity contribution in [2.75, 3.05) is 54.4 Å². The first-order chi connectivity index (χ1) is 13.9. The molecule has 0 atom stereocenters. The number of alkyl halides is 2. The summed E-state index contributed by atoms with van der Waals surface area (Å²) in [7, 11) is 0. The second kappa shape index (κ2) is 8.23. The molecule has 0 aliphatic carbocycles. The minimum absolute atomic E-state index is 0.0747. The molecule has 2 fully saturated rings. The molecule has 2 aliphatic heterocycles. The van der Waals surface area contributed by atoms with Gasteiger partial charge in [0.2, 0.25) is 0 Å². The molecular formula is C19H22ClF3N6. The maximum atomic E-state index is 14.0. The van der Waals surface area contributed by atoms with Crippen LogP contribution in [0.1, 0.15) is 12.8 Å². The minimum atomic E-state index is -2.74. The molecule has 4 rings (SSSR count). The molecule has 29 heavy (non-hydrogen) atoms. The van der Waals surface area contributed by atoms with E-state index in [0.29, 0.717) is 24.6 Å². The zero-order valence-electron chi connectivity index (χ0n) is 15.8. The maximum Gasteiger partial charge on any atom is 0.265 e. The Morgan fingerprint density at radius 3 is 2.59 bits per heavy atom. The Hall–Kier alpha value is -2.26. The topological polar surface area (TPSA) is 56.3 Å². The second-order valence-corrected chi connectivity index (χ2v) is 7.70. The van der Waals surface area contributed by atoms with Gasteiger partial charge in [-0.25, -0.2) is 23.1 Å². The molecule has 0 radical (unpaired) electrons. The smallest absolute Gasteiger partial charge is 0.265 e. The standard InChI is InChI=1S/C19H22ClF3N6/c20-14-11-25-16(10-15(14)21)26-17-8-13(28-6-3-24-4-7-28)9-18(27-17)29-5-1-2-19(22,23)12-29/h8-11,24H,1-7,12H2,(H,25,26,27). The SMILES string of the molecule is Fc1cc(Nc2cc(N3CCNCC3)cc(N3CCCC(F)(F)C3)n2)ncc1Cl. The van der Waals surface area contributed by atoms with Crippen molar-refractivity contribution >= 4 is 34.7 Å². The van der Waals surface area contributed by atoms with E-state index in [1.165, 1.54) is 12.3 Å². The van der Waals surface area contributed by atoms with Gasteiger partial charge < -0.3 is 20.4 Å². The van der Waals surface area contributed by atoms with E-state index in [1.807, 2.05) is 12.1 Å². The average Bonchev–Trinajstić information content (AvgIpc) is 2.70. The maximum absolute atomic E-state index is 14.0. The number of pyridine rings is 2. The summed E-state index contributed by atoms with van der Waals surface area (Å²) in [5, 5.41) is 6.19. The average molecular weight is 427 g/mol. The summed E-state index contributed by atoms with van der Waals surface area (Å²) in [6.45, 7) is 3.43. The highest BCUT2D eigenvalue weighted by Crippen LogP contribution is 2.32. The van der Waals surface area contributed by atoms with Crippen LogP contribution < -0.4 is 20.4 Å². The van der Waals surface area contributed by atoms with Crippen molar-refractivity contribution in [1.29, 1.82) is 0 Å². The molecule has 10 heteroatoms. The van der Waals surface area contributed by atoms with Crippen LogP contribution in [0.15, 0.2) is 24.4 Å². The number of anilines is 4. The van der Waals surface area contributed by atoms with Gasteiger partial charge in [0.25, 0.3) is 5.92 Å². The van der Waals surface area contributed by atoms with Crippen LogP contribution in [0.25, 0.3) is 0 Å². The van der Waals surface area contributed by atoms with E-state index in [-0.39, 0.29) is 23.8 Å². The van der Waals surface area contributed by atoms with E-state index >= 15 is 0 Å². The molecule has 0 amide bonds. The molecule has 0 aromatic carbocycles. The van der Waals surface area contributed by atoms with Gasteiger partial charge in [0.05, 0.1) is 17.8 Å². The third-order valence-corrected chi connectivity index (χ3v) is 5.34. The first-order valence-corrected chi connectivity index (χ1v) is 9.96. The summed E-state index contributed by atoms with van der Waals surface area (Å²) in [5.41, 5.74) is 0.877. The molecular weight excluding hydrogens is 405 g/mol. The van der Waals surface area contributed by atoms with Crippen LogP contribution in [0.2, 0.25) is 5.02 Å². The van der Waals surface area contributed by atoms with Crippen molar-refractivity contribution in [3.63, 3.8) is 0 Å². The van der Waals surface area contributed by atoms with Crippen LogP contribution in [0.3, 0.4) is 0 Å². The number of nitrogens with zero attached hydrogens (tertiary/aromatic N) is 4. The largest absolute Gasteiger partial charge is 0.369 e. The molecule has 2 aliphatic rings. The summed E-state index contributed by atoms with van der Waals surface area (Å²) < 4.78 is 41.7. The van der Waals surface area contributed by atoms with Gasteiger partial charge in [-0.1, -0.05) is 11.6 Å². The number of hydrogen-bond acceptors (Lipinski definition) is 6. The number of aromatic nitrogens is 2. The van der Waals surface area contributed by atoms with E-state index < -0.39 is 11.7 Å². The van der Waals surface area contributed by atoms with Gasteiger partial charge in [-0.2, -0.15) is 0 Å². The van der Waals surface area contributed by atoms with E-state index in [0.717, 1.165) is 31.9 Å². The molecule has 0 bridgehead atoms. The fourth-order valence-electron chi connectivity index (χ4n) is 3.61. The summed E-state index contributed by atoms with van der Waals surface area (Å²) in [6.07, 6.45) is 1.50. The van der Waals surface area contributed by atoms with Crippen molar-refractivity contribution in [1.82, 2.24) is 15.3 Å². The van der Waals surface area contributed by atoms with Gasteiger partial charge in [0.1, 0.15) is 23.3 Å². The van der Waals surface area contributed by atoms with Gasteiger partial charge in [0, 0.05) is 63.0 Å². The summed E-state index contributed by atoms with van der Waals surface area (Å²) in [6, 6.07) is 4.84. The summed E-state index contributed by atoms with van der Waals surface area (Å²) in [4.78, 5) is 12.3. The highest BCUT2D eigenvalue weighted by Gasteiger charge is 2.36. The van der Waals surface area contributed by atoms with Crippen molar-refractivity contribution in [3.05, 3.63) is 35.2 Å².